The number of rotatable bonds is 6. The molecule has 0 N–H and O–H groups in total. The van der Waals surface area contributed by atoms with E-state index in [-0.39, 0.29) is 5.91 Å². The van der Waals surface area contributed by atoms with Crippen LogP contribution >= 0.6 is 11.8 Å². The number of hydrogen-bond acceptors (Lipinski definition) is 2. The number of amides is 1. The first-order valence-corrected chi connectivity index (χ1v) is 8.22. The standard InChI is InChI=1S/C18H21NOS/c1-15-8-6-7-11-17(15)12-19(2)18(20)14-21-13-16-9-4-3-5-10-16/h3-11H,12-14H2,1-2H3. The highest BCUT2D eigenvalue weighted by atomic mass is 32.2. The SMILES string of the molecule is Cc1ccccc1CN(C)C(=O)CSCc1ccccc1. The van der Waals surface area contributed by atoms with E-state index in [0.29, 0.717) is 12.3 Å². The first kappa shape index (κ1) is 15.6. The number of nitrogens with zero attached hydrogens (tertiary/aromatic N) is 1. The van der Waals surface area contributed by atoms with E-state index in [2.05, 4.69) is 31.2 Å². The Morgan fingerprint density at radius 3 is 2.43 bits per heavy atom. The lowest BCUT2D eigenvalue weighted by Crippen LogP contribution is -2.28. The van der Waals surface area contributed by atoms with Gasteiger partial charge in [-0.3, -0.25) is 4.79 Å². The fraction of sp³-hybridized carbons (Fsp3) is 0.278. The summed E-state index contributed by atoms with van der Waals surface area (Å²) in [6.07, 6.45) is 0. The Hall–Kier alpha value is -1.74. The Kier molecular flexibility index (Phi) is 5.88. The molecule has 0 saturated heterocycles. The van der Waals surface area contributed by atoms with E-state index < -0.39 is 0 Å². The number of benzene rings is 2. The van der Waals surface area contributed by atoms with Gasteiger partial charge in [-0.2, -0.15) is 0 Å². The summed E-state index contributed by atoms with van der Waals surface area (Å²) in [7, 11) is 1.87. The zero-order valence-corrected chi connectivity index (χ0v) is 13.4. The number of thioether (sulfide) groups is 1. The lowest BCUT2D eigenvalue weighted by atomic mass is 10.1. The van der Waals surface area contributed by atoms with Crippen LogP contribution < -0.4 is 0 Å². The second kappa shape index (κ2) is 7.89. The van der Waals surface area contributed by atoms with Gasteiger partial charge < -0.3 is 4.90 Å². The Labute approximate surface area is 131 Å². The van der Waals surface area contributed by atoms with Crippen LogP contribution in [0.1, 0.15) is 16.7 Å². The van der Waals surface area contributed by atoms with Crippen molar-refractivity contribution in [2.24, 2.45) is 0 Å². The fourth-order valence-electron chi connectivity index (χ4n) is 2.07. The predicted molar refractivity (Wildman–Crippen MR) is 90.3 cm³/mol. The van der Waals surface area contributed by atoms with E-state index in [9.17, 15) is 4.79 Å². The van der Waals surface area contributed by atoms with E-state index in [1.165, 1.54) is 16.7 Å². The maximum atomic E-state index is 12.2. The molecule has 3 heteroatoms. The molecule has 0 unspecified atom stereocenters. The Morgan fingerprint density at radius 1 is 1.05 bits per heavy atom. The highest BCUT2D eigenvalue weighted by Gasteiger charge is 2.10. The van der Waals surface area contributed by atoms with E-state index >= 15 is 0 Å². The summed E-state index contributed by atoms with van der Waals surface area (Å²) in [5, 5.41) is 0. The largest absolute Gasteiger partial charge is 0.341 e. The molecule has 0 aliphatic rings. The molecule has 0 aromatic heterocycles. The maximum absolute atomic E-state index is 12.2. The molecular weight excluding hydrogens is 278 g/mol. The third-order valence-electron chi connectivity index (χ3n) is 3.43. The monoisotopic (exact) mass is 299 g/mol. The zero-order chi connectivity index (χ0) is 15.1. The molecule has 0 atom stereocenters. The summed E-state index contributed by atoms with van der Waals surface area (Å²) in [5.41, 5.74) is 3.70. The summed E-state index contributed by atoms with van der Waals surface area (Å²) in [6, 6.07) is 18.5. The molecule has 0 spiro atoms. The average molecular weight is 299 g/mol. The van der Waals surface area contributed by atoms with Crippen molar-refractivity contribution in [1.29, 1.82) is 0 Å². The number of hydrogen-bond donors (Lipinski definition) is 0. The molecule has 0 aliphatic carbocycles. The lowest BCUT2D eigenvalue weighted by Gasteiger charge is -2.18. The van der Waals surface area contributed by atoms with Crippen molar-refractivity contribution < 1.29 is 4.79 Å². The molecule has 0 radical (unpaired) electrons. The first-order chi connectivity index (χ1) is 10.2. The zero-order valence-electron chi connectivity index (χ0n) is 12.6. The van der Waals surface area contributed by atoms with Crippen LogP contribution in [0.5, 0.6) is 0 Å². The van der Waals surface area contributed by atoms with Crippen molar-refractivity contribution in [2.45, 2.75) is 19.2 Å². The normalized spacial score (nSPS) is 10.4. The second-order valence-electron chi connectivity index (χ2n) is 5.15. The van der Waals surface area contributed by atoms with Gasteiger partial charge in [0.1, 0.15) is 0 Å². The fourth-order valence-corrected chi connectivity index (χ4v) is 3.00. The topological polar surface area (TPSA) is 20.3 Å². The van der Waals surface area contributed by atoms with Gasteiger partial charge in [0.2, 0.25) is 5.91 Å². The number of aryl methyl sites for hydroxylation is 1. The van der Waals surface area contributed by atoms with Crippen molar-refractivity contribution >= 4 is 17.7 Å². The maximum Gasteiger partial charge on any atom is 0.232 e. The van der Waals surface area contributed by atoms with Gasteiger partial charge in [0, 0.05) is 19.3 Å². The van der Waals surface area contributed by atoms with E-state index in [1.807, 2.05) is 37.4 Å². The highest BCUT2D eigenvalue weighted by Crippen LogP contribution is 2.14. The van der Waals surface area contributed by atoms with E-state index in [0.717, 1.165) is 5.75 Å². The van der Waals surface area contributed by atoms with Gasteiger partial charge >= 0.3 is 0 Å². The summed E-state index contributed by atoms with van der Waals surface area (Å²) in [4.78, 5) is 14.0. The van der Waals surface area contributed by atoms with Gasteiger partial charge in [-0.15, -0.1) is 11.8 Å². The van der Waals surface area contributed by atoms with Crippen LogP contribution in [-0.2, 0) is 17.1 Å². The molecule has 0 bridgehead atoms. The molecule has 0 saturated carbocycles. The van der Waals surface area contributed by atoms with Gasteiger partial charge in [0.05, 0.1) is 5.75 Å². The number of carbonyl (C=O) groups excluding carboxylic acids is 1. The van der Waals surface area contributed by atoms with Crippen molar-refractivity contribution in [2.75, 3.05) is 12.8 Å². The second-order valence-corrected chi connectivity index (χ2v) is 6.14. The molecule has 0 aliphatic heterocycles. The minimum atomic E-state index is 0.180. The molecule has 2 rings (SSSR count). The molecule has 2 aromatic carbocycles. The van der Waals surface area contributed by atoms with Crippen LogP contribution in [0, 0.1) is 6.92 Å². The summed E-state index contributed by atoms with van der Waals surface area (Å²) in [6.45, 7) is 2.76. The molecule has 2 aromatic rings. The van der Waals surface area contributed by atoms with Crippen molar-refractivity contribution in [3.63, 3.8) is 0 Å². The van der Waals surface area contributed by atoms with Crippen LogP contribution in [0.2, 0.25) is 0 Å². The minimum absolute atomic E-state index is 0.180. The third-order valence-corrected chi connectivity index (χ3v) is 4.42. The third kappa shape index (κ3) is 4.94. The van der Waals surface area contributed by atoms with E-state index in [4.69, 9.17) is 0 Å². The van der Waals surface area contributed by atoms with Crippen LogP contribution in [-0.4, -0.2) is 23.6 Å². The van der Waals surface area contributed by atoms with Gasteiger partial charge in [0.25, 0.3) is 0 Å². The van der Waals surface area contributed by atoms with Gasteiger partial charge in [0.15, 0.2) is 0 Å². The van der Waals surface area contributed by atoms with Crippen molar-refractivity contribution in [3.05, 3.63) is 71.3 Å². The summed E-state index contributed by atoms with van der Waals surface area (Å²) in [5.74, 6) is 1.58. The Balaban J connectivity index is 1.79. The quantitative estimate of drug-likeness (QED) is 0.806. The first-order valence-electron chi connectivity index (χ1n) is 7.07. The summed E-state index contributed by atoms with van der Waals surface area (Å²) < 4.78 is 0. The van der Waals surface area contributed by atoms with Crippen LogP contribution in [0.3, 0.4) is 0 Å². The lowest BCUT2D eigenvalue weighted by molar-refractivity contribution is -0.127. The molecule has 21 heavy (non-hydrogen) atoms. The van der Waals surface area contributed by atoms with Gasteiger partial charge in [-0.1, -0.05) is 54.6 Å². The van der Waals surface area contributed by atoms with Crippen LogP contribution in [0.15, 0.2) is 54.6 Å². The smallest absolute Gasteiger partial charge is 0.232 e. The van der Waals surface area contributed by atoms with Gasteiger partial charge in [-0.25, -0.2) is 0 Å². The van der Waals surface area contributed by atoms with E-state index in [1.54, 1.807) is 16.7 Å². The minimum Gasteiger partial charge on any atom is -0.341 e. The van der Waals surface area contributed by atoms with Gasteiger partial charge in [-0.05, 0) is 23.6 Å². The van der Waals surface area contributed by atoms with Crippen molar-refractivity contribution in [1.82, 2.24) is 4.90 Å². The predicted octanol–water partition coefficient (Wildman–Crippen LogP) is 3.89. The molecule has 0 heterocycles. The molecular formula is C18H21NOS. The summed E-state index contributed by atoms with van der Waals surface area (Å²) >= 11 is 1.67. The van der Waals surface area contributed by atoms with Crippen molar-refractivity contribution in [3.8, 4) is 0 Å². The molecule has 110 valence electrons. The molecule has 1 amide bonds. The van der Waals surface area contributed by atoms with Crippen LogP contribution in [0.25, 0.3) is 0 Å². The Morgan fingerprint density at radius 2 is 1.71 bits per heavy atom. The highest BCUT2D eigenvalue weighted by molar-refractivity contribution is 7.99. The molecule has 0 fully saturated rings. The Bertz CT molecular complexity index is 583. The molecule has 2 nitrogen and oxygen atoms in total. The average Bonchev–Trinajstić information content (AvgIpc) is 2.50. The van der Waals surface area contributed by atoms with Crippen LogP contribution in [0.4, 0.5) is 0 Å². The number of carbonyl (C=O) groups is 1.